The Morgan fingerprint density at radius 3 is 2.78 bits per heavy atom. The van der Waals surface area contributed by atoms with E-state index in [0.717, 1.165) is 10.9 Å². The smallest absolute Gasteiger partial charge is 0.422 e. The van der Waals surface area contributed by atoms with Gasteiger partial charge in [0.1, 0.15) is 11.4 Å². The molecule has 126 valence electrons. The van der Waals surface area contributed by atoms with E-state index in [0.29, 0.717) is 6.92 Å². The Morgan fingerprint density at radius 2 is 2.17 bits per heavy atom. The fourth-order valence-corrected chi connectivity index (χ4v) is 1.59. The van der Waals surface area contributed by atoms with Crippen LogP contribution in [-0.2, 0) is 16.9 Å². The zero-order valence-corrected chi connectivity index (χ0v) is 12.2. The Bertz CT molecular complexity index is 693. The lowest BCUT2D eigenvalue weighted by Gasteiger charge is -2.23. The molecule has 2 rings (SSSR count). The molecule has 0 aliphatic heterocycles. The van der Waals surface area contributed by atoms with E-state index < -0.39 is 23.4 Å². The number of halogens is 3. The Labute approximate surface area is 127 Å². The van der Waals surface area contributed by atoms with Gasteiger partial charge in [-0.15, -0.1) is 5.10 Å². The maximum absolute atomic E-state index is 12.7. The minimum atomic E-state index is -4.89. The molecule has 0 saturated carbocycles. The zero-order chi connectivity index (χ0) is 17.3. The summed E-state index contributed by atoms with van der Waals surface area (Å²) in [5.74, 6) is -0.838. The topological polar surface area (TPSA) is 103 Å². The Kier molecular flexibility index (Phi) is 4.41. The number of aliphatic hydroxyl groups is 1. The predicted molar refractivity (Wildman–Crippen MR) is 67.2 cm³/mol. The molecule has 1 unspecified atom stereocenters. The molecule has 0 spiro atoms. The highest BCUT2D eigenvalue weighted by molar-refractivity contribution is 5.86. The van der Waals surface area contributed by atoms with Crippen LogP contribution in [-0.4, -0.2) is 44.0 Å². The molecular weight excluding hydrogens is 321 g/mol. The van der Waals surface area contributed by atoms with Crippen molar-refractivity contribution in [2.45, 2.75) is 32.2 Å². The molecule has 2 heterocycles. The van der Waals surface area contributed by atoms with Crippen molar-refractivity contribution < 1.29 is 32.3 Å². The van der Waals surface area contributed by atoms with Crippen LogP contribution < -0.4 is 0 Å². The van der Waals surface area contributed by atoms with Gasteiger partial charge in [0, 0.05) is 6.07 Å². The highest BCUT2D eigenvalue weighted by Gasteiger charge is 2.53. The van der Waals surface area contributed by atoms with Crippen LogP contribution in [0.5, 0.6) is 0 Å². The zero-order valence-electron chi connectivity index (χ0n) is 12.2. The van der Waals surface area contributed by atoms with Crippen molar-refractivity contribution in [2.24, 2.45) is 0 Å². The number of rotatable bonds is 5. The second-order valence-electron chi connectivity index (χ2n) is 4.77. The van der Waals surface area contributed by atoms with Gasteiger partial charge in [0.2, 0.25) is 11.4 Å². The second kappa shape index (κ2) is 5.99. The Hall–Kier alpha value is -2.43. The summed E-state index contributed by atoms with van der Waals surface area (Å²) in [4.78, 5) is 11.4. The minimum Gasteiger partial charge on any atom is -0.460 e. The number of esters is 1. The number of carbonyl (C=O) groups excluding carboxylic acids is 1. The lowest BCUT2D eigenvalue weighted by molar-refractivity contribution is -0.260. The summed E-state index contributed by atoms with van der Waals surface area (Å²) in [6.07, 6.45) is -3.95. The third-order valence-corrected chi connectivity index (χ3v) is 2.95. The molecule has 2 aromatic rings. The molecule has 0 aliphatic rings. The molecule has 0 aromatic carbocycles. The molecule has 0 aliphatic carbocycles. The van der Waals surface area contributed by atoms with E-state index in [2.05, 4.69) is 15.5 Å². The summed E-state index contributed by atoms with van der Waals surface area (Å²) in [7, 11) is 0. The lowest BCUT2D eigenvalue weighted by atomic mass is 10.0. The van der Waals surface area contributed by atoms with Crippen molar-refractivity contribution in [3.63, 3.8) is 0 Å². The van der Waals surface area contributed by atoms with Gasteiger partial charge in [-0.1, -0.05) is 10.4 Å². The molecule has 1 atom stereocenters. The maximum Gasteiger partial charge on any atom is 0.422 e. The molecular formula is C12H13F3N4O4. The van der Waals surface area contributed by atoms with Crippen LogP contribution in [0.2, 0.25) is 0 Å². The number of carbonyl (C=O) groups is 1. The molecule has 2 aromatic heterocycles. The van der Waals surface area contributed by atoms with Gasteiger partial charge in [0.15, 0.2) is 0 Å². The Morgan fingerprint density at radius 1 is 1.48 bits per heavy atom. The summed E-state index contributed by atoms with van der Waals surface area (Å²) >= 11 is 0. The SMILES string of the molecule is CCOC(=O)c1cc(Cn2cc(C(C)(O)C(F)(F)F)nn2)no1. The van der Waals surface area contributed by atoms with E-state index >= 15 is 0 Å². The first-order valence-corrected chi connectivity index (χ1v) is 6.47. The number of nitrogens with zero attached hydrogens (tertiary/aromatic N) is 4. The summed E-state index contributed by atoms with van der Waals surface area (Å²) in [6.45, 7) is 2.27. The molecule has 0 radical (unpaired) electrons. The van der Waals surface area contributed by atoms with Crippen molar-refractivity contribution in [2.75, 3.05) is 6.61 Å². The lowest BCUT2D eigenvalue weighted by Crippen LogP contribution is -2.39. The van der Waals surface area contributed by atoms with E-state index in [1.165, 1.54) is 6.07 Å². The van der Waals surface area contributed by atoms with Gasteiger partial charge in [-0.3, -0.25) is 0 Å². The summed E-state index contributed by atoms with van der Waals surface area (Å²) in [5, 5.41) is 19.9. The van der Waals surface area contributed by atoms with Crippen molar-refractivity contribution in [3.8, 4) is 0 Å². The minimum absolute atomic E-state index is 0.0934. The van der Waals surface area contributed by atoms with E-state index in [9.17, 15) is 23.1 Å². The van der Waals surface area contributed by atoms with Gasteiger partial charge in [-0.05, 0) is 13.8 Å². The number of aromatic nitrogens is 4. The Balaban J connectivity index is 2.12. The molecule has 0 fully saturated rings. The highest BCUT2D eigenvalue weighted by atomic mass is 19.4. The molecule has 11 heteroatoms. The number of alkyl halides is 3. The fourth-order valence-electron chi connectivity index (χ4n) is 1.59. The van der Waals surface area contributed by atoms with Crippen LogP contribution in [0.3, 0.4) is 0 Å². The molecule has 0 amide bonds. The van der Waals surface area contributed by atoms with E-state index in [1.807, 2.05) is 0 Å². The van der Waals surface area contributed by atoms with Crippen molar-refractivity contribution in [3.05, 3.63) is 29.4 Å². The first-order valence-electron chi connectivity index (χ1n) is 6.47. The second-order valence-corrected chi connectivity index (χ2v) is 4.77. The molecule has 23 heavy (non-hydrogen) atoms. The van der Waals surface area contributed by atoms with Crippen molar-refractivity contribution in [1.29, 1.82) is 0 Å². The third kappa shape index (κ3) is 3.50. The predicted octanol–water partition coefficient (Wildman–Crippen LogP) is 1.26. The average molecular weight is 334 g/mol. The van der Waals surface area contributed by atoms with Crippen LogP contribution in [0.15, 0.2) is 16.8 Å². The van der Waals surface area contributed by atoms with E-state index in [4.69, 9.17) is 9.26 Å². The molecule has 8 nitrogen and oxygen atoms in total. The van der Waals surface area contributed by atoms with Crippen LogP contribution in [0.25, 0.3) is 0 Å². The highest BCUT2D eigenvalue weighted by Crippen LogP contribution is 2.37. The quantitative estimate of drug-likeness (QED) is 0.821. The average Bonchev–Trinajstić information content (AvgIpc) is 3.08. The third-order valence-electron chi connectivity index (χ3n) is 2.95. The first kappa shape index (κ1) is 16.9. The monoisotopic (exact) mass is 334 g/mol. The summed E-state index contributed by atoms with van der Waals surface area (Å²) in [6, 6.07) is 1.28. The number of ether oxygens (including phenoxy) is 1. The summed E-state index contributed by atoms with van der Waals surface area (Å²) < 4.78 is 48.6. The summed E-state index contributed by atoms with van der Waals surface area (Å²) in [5.41, 5.74) is -3.54. The van der Waals surface area contributed by atoms with E-state index in [1.54, 1.807) is 6.92 Å². The largest absolute Gasteiger partial charge is 0.460 e. The number of hydrogen-bond acceptors (Lipinski definition) is 7. The van der Waals surface area contributed by atoms with Crippen LogP contribution in [0.1, 0.15) is 35.8 Å². The van der Waals surface area contributed by atoms with Crippen LogP contribution in [0.4, 0.5) is 13.2 Å². The van der Waals surface area contributed by atoms with Crippen molar-refractivity contribution >= 4 is 5.97 Å². The van der Waals surface area contributed by atoms with Crippen LogP contribution >= 0.6 is 0 Å². The van der Waals surface area contributed by atoms with Gasteiger partial charge in [-0.25, -0.2) is 9.48 Å². The van der Waals surface area contributed by atoms with Gasteiger partial charge in [-0.2, -0.15) is 13.2 Å². The normalized spacial score (nSPS) is 14.5. The van der Waals surface area contributed by atoms with Crippen LogP contribution in [0, 0.1) is 0 Å². The van der Waals surface area contributed by atoms with E-state index in [-0.39, 0.29) is 24.6 Å². The molecule has 0 bridgehead atoms. The number of hydrogen-bond donors (Lipinski definition) is 1. The van der Waals surface area contributed by atoms with Gasteiger partial charge in [0.05, 0.1) is 19.3 Å². The standard InChI is InChI=1S/C12H13F3N4O4/c1-3-22-10(20)8-4-7(17-23-8)5-19-6-9(16-18-19)11(2,21)12(13,14)15/h4,6,21H,3,5H2,1-2H3. The van der Waals surface area contributed by atoms with Crippen molar-refractivity contribution in [1.82, 2.24) is 20.2 Å². The van der Waals surface area contributed by atoms with Gasteiger partial charge >= 0.3 is 12.1 Å². The first-order chi connectivity index (χ1) is 10.6. The molecule has 0 saturated heterocycles. The van der Waals surface area contributed by atoms with Gasteiger partial charge in [0.25, 0.3) is 0 Å². The molecule has 1 N–H and O–H groups in total. The van der Waals surface area contributed by atoms with Gasteiger partial charge < -0.3 is 14.4 Å². The fraction of sp³-hybridized carbons (Fsp3) is 0.500. The maximum atomic E-state index is 12.7.